The zero-order chi connectivity index (χ0) is 11.1. The largest absolute Gasteiger partial charge is 0.379 e. The van der Waals surface area contributed by atoms with Crippen molar-refractivity contribution in [1.29, 1.82) is 0 Å². The average Bonchev–Trinajstić information content (AvgIpc) is 2.61. The molecule has 0 aromatic carbocycles. The molecule has 0 bridgehead atoms. The minimum absolute atomic E-state index is 0.620. The van der Waals surface area contributed by atoms with Crippen molar-refractivity contribution in [2.24, 2.45) is 5.92 Å². The SMILES string of the molecule is CNCc1ccn(CCOCC(C)C)c1. The molecule has 0 saturated carbocycles. The van der Waals surface area contributed by atoms with Gasteiger partial charge in [-0.05, 0) is 24.6 Å². The summed E-state index contributed by atoms with van der Waals surface area (Å²) in [5.74, 6) is 0.620. The van der Waals surface area contributed by atoms with E-state index in [0.717, 1.165) is 26.3 Å². The number of nitrogens with one attached hydrogen (secondary N) is 1. The number of ether oxygens (including phenoxy) is 1. The molecule has 0 spiro atoms. The van der Waals surface area contributed by atoms with E-state index in [9.17, 15) is 0 Å². The Labute approximate surface area is 92.4 Å². The van der Waals surface area contributed by atoms with E-state index in [1.165, 1.54) is 5.56 Å². The maximum absolute atomic E-state index is 5.53. The molecule has 0 radical (unpaired) electrons. The van der Waals surface area contributed by atoms with Crippen LogP contribution in [0.25, 0.3) is 0 Å². The van der Waals surface area contributed by atoms with Crippen molar-refractivity contribution < 1.29 is 4.74 Å². The normalized spacial score (nSPS) is 11.2. The Morgan fingerprint density at radius 1 is 1.47 bits per heavy atom. The molecular formula is C12H22N2O. The fourth-order valence-corrected chi connectivity index (χ4v) is 1.43. The van der Waals surface area contributed by atoms with Gasteiger partial charge in [0.1, 0.15) is 0 Å². The quantitative estimate of drug-likeness (QED) is 0.695. The molecule has 0 unspecified atom stereocenters. The van der Waals surface area contributed by atoms with E-state index in [2.05, 4.69) is 42.2 Å². The van der Waals surface area contributed by atoms with Crippen LogP contribution in [-0.4, -0.2) is 24.8 Å². The highest BCUT2D eigenvalue weighted by molar-refractivity contribution is 5.09. The summed E-state index contributed by atoms with van der Waals surface area (Å²) in [7, 11) is 1.96. The first-order valence-corrected chi connectivity index (χ1v) is 5.59. The fourth-order valence-electron chi connectivity index (χ4n) is 1.43. The molecule has 0 atom stereocenters. The summed E-state index contributed by atoms with van der Waals surface area (Å²) in [6, 6.07) is 2.14. The van der Waals surface area contributed by atoms with Crippen molar-refractivity contribution in [2.75, 3.05) is 20.3 Å². The van der Waals surface area contributed by atoms with Gasteiger partial charge in [-0.15, -0.1) is 0 Å². The van der Waals surface area contributed by atoms with Crippen LogP contribution in [0, 0.1) is 5.92 Å². The van der Waals surface area contributed by atoms with Gasteiger partial charge in [0, 0.05) is 32.1 Å². The van der Waals surface area contributed by atoms with Crippen LogP contribution < -0.4 is 5.32 Å². The van der Waals surface area contributed by atoms with Gasteiger partial charge < -0.3 is 14.6 Å². The summed E-state index contributed by atoms with van der Waals surface area (Å²) in [5, 5.41) is 3.13. The minimum Gasteiger partial charge on any atom is -0.379 e. The molecule has 86 valence electrons. The number of nitrogens with zero attached hydrogens (tertiary/aromatic N) is 1. The van der Waals surface area contributed by atoms with Gasteiger partial charge in [0.05, 0.1) is 6.61 Å². The molecule has 15 heavy (non-hydrogen) atoms. The van der Waals surface area contributed by atoms with E-state index in [1.807, 2.05) is 7.05 Å². The van der Waals surface area contributed by atoms with Crippen LogP contribution >= 0.6 is 0 Å². The van der Waals surface area contributed by atoms with Gasteiger partial charge in [0.15, 0.2) is 0 Å². The van der Waals surface area contributed by atoms with E-state index in [4.69, 9.17) is 4.74 Å². The van der Waals surface area contributed by atoms with Gasteiger partial charge in [0.2, 0.25) is 0 Å². The van der Waals surface area contributed by atoms with Crippen LogP contribution in [0.5, 0.6) is 0 Å². The highest BCUT2D eigenvalue weighted by atomic mass is 16.5. The van der Waals surface area contributed by atoms with Crippen molar-refractivity contribution in [3.8, 4) is 0 Å². The van der Waals surface area contributed by atoms with Gasteiger partial charge in [-0.1, -0.05) is 13.8 Å². The Balaban J connectivity index is 2.19. The van der Waals surface area contributed by atoms with Crippen LogP contribution in [0.1, 0.15) is 19.4 Å². The van der Waals surface area contributed by atoms with Gasteiger partial charge in [-0.3, -0.25) is 0 Å². The molecule has 1 heterocycles. The topological polar surface area (TPSA) is 26.2 Å². The lowest BCUT2D eigenvalue weighted by Crippen LogP contribution is -2.08. The van der Waals surface area contributed by atoms with E-state index < -0.39 is 0 Å². The number of rotatable bonds is 7. The standard InChI is InChI=1S/C12H22N2O/c1-11(2)10-15-7-6-14-5-4-12(9-14)8-13-3/h4-5,9,11,13H,6-8,10H2,1-3H3. The molecule has 0 aliphatic rings. The second-order valence-electron chi connectivity index (χ2n) is 4.26. The predicted octanol–water partition coefficient (Wildman–Crippen LogP) is 1.88. The zero-order valence-electron chi connectivity index (χ0n) is 9.99. The minimum atomic E-state index is 0.620. The monoisotopic (exact) mass is 210 g/mol. The number of aromatic nitrogens is 1. The second-order valence-corrected chi connectivity index (χ2v) is 4.26. The van der Waals surface area contributed by atoms with Crippen LogP contribution in [0.4, 0.5) is 0 Å². The second kappa shape index (κ2) is 6.64. The fraction of sp³-hybridized carbons (Fsp3) is 0.667. The summed E-state index contributed by atoms with van der Waals surface area (Å²) in [4.78, 5) is 0. The Morgan fingerprint density at radius 2 is 2.27 bits per heavy atom. The Kier molecular flexibility index (Phi) is 5.43. The molecule has 0 aliphatic carbocycles. The van der Waals surface area contributed by atoms with Crippen molar-refractivity contribution in [1.82, 2.24) is 9.88 Å². The highest BCUT2D eigenvalue weighted by Gasteiger charge is 1.97. The Morgan fingerprint density at radius 3 is 2.93 bits per heavy atom. The van der Waals surface area contributed by atoms with E-state index in [0.29, 0.717) is 5.92 Å². The molecule has 0 fully saturated rings. The van der Waals surface area contributed by atoms with Crippen molar-refractivity contribution in [3.05, 3.63) is 24.0 Å². The molecule has 1 N–H and O–H groups in total. The first-order valence-electron chi connectivity index (χ1n) is 5.59. The molecular weight excluding hydrogens is 188 g/mol. The summed E-state index contributed by atoms with van der Waals surface area (Å²) >= 11 is 0. The number of hydrogen-bond acceptors (Lipinski definition) is 2. The molecule has 0 amide bonds. The molecule has 0 saturated heterocycles. The zero-order valence-corrected chi connectivity index (χ0v) is 9.99. The van der Waals surface area contributed by atoms with Crippen molar-refractivity contribution >= 4 is 0 Å². The smallest absolute Gasteiger partial charge is 0.0645 e. The lowest BCUT2D eigenvalue weighted by atomic mass is 10.2. The average molecular weight is 210 g/mol. The van der Waals surface area contributed by atoms with Crippen LogP contribution in [0.15, 0.2) is 18.5 Å². The van der Waals surface area contributed by atoms with Crippen LogP contribution in [0.3, 0.4) is 0 Å². The van der Waals surface area contributed by atoms with Crippen LogP contribution in [0.2, 0.25) is 0 Å². The summed E-state index contributed by atoms with van der Waals surface area (Å²) in [6.07, 6.45) is 4.26. The first kappa shape index (κ1) is 12.3. The third-order valence-electron chi connectivity index (χ3n) is 2.14. The van der Waals surface area contributed by atoms with E-state index >= 15 is 0 Å². The summed E-state index contributed by atoms with van der Waals surface area (Å²) < 4.78 is 7.71. The number of hydrogen-bond donors (Lipinski definition) is 1. The predicted molar refractivity (Wildman–Crippen MR) is 62.9 cm³/mol. The van der Waals surface area contributed by atoms with Crippen molar-refractivity contribution in [3.63, 3.8) is 0 Å². The van der Waals surface area contributed by atoms with E-state index in [-0.39, 0.29) is 0 Å². The van der Waals surface area contributed by atoms with Gasteiger partial charge >= 0.3 is 0 Å². The highest BCUT2D eigenvalue weighted by Crippen LogP contribution is 2.01. The van der Waals surface area contributed by atoms with E-state index in [1.54, 1.807) is 0 Å². The maximum atomic E-state index is 5.53. The molecule has 3 nitrogen and oxygen atoms in total. The molecule has 0 aliphatic heterocycles. The van der Waals surface area contributed by atoms with Gasteiger partial charge in [-0.2, -0.15) is 0 Å². The Hall–Kier alpha value is -0.800. The molecule has 1 aromatic rings. The summed E-state index contributed by atoms with van der Waals surface area (Å²) in [5.41, 5.74) is 1.32. The van der Waals surface area contributed by atoms with Gasteiger partial charge in [0.25, 0.3) is 0 Å². The third-order valence-corrected chi connectivity index (χ3v) is 2.14. The Bertz CT molecular complexity index is 268. The molecule has 1 rings (SSSR count). The van der Waals surface area contributed by atoms with Gasteiger partial charge in [-0.25, -0.2) is 0 Å². The van der Waals surface area contributed by atoms with Crippen LogP contribution in [-0.2, 0) is 17.8 Å². The summed E-state index contributed by atoms with van der Waals surface area (Å²) in [6.45, 7) is 7.86. The van der Waals surface area contributed by atoms with Crippen molar-refractivity contribution in [2.45, 2.75) is 26.9 Å². The maximum Gasteiger partial charge on any atom is 0.0645 e. The third kappa shape index (κ3) is 5.00. The first-order chi connectivity index (χ1) is 7.22. The molecule has 1 aromatic heterocycles. The lowest BCUT2D eigenvalue weighted by molar-refractivity contribution is 0.103. The molecule has 3 heteroatoms. The lowest BCUT2D eigenvalue weighted by Gasteiger charge is -2.07.